The summed E-state index contributed by atoms with van der Waals surface area (Å²) in [5.74, 6) is 9.18. The SMILES string of the molecule is C#CCO[C@H]1[C@@H](O[C@H]2O[C@H](CO)[C@@H](O)[C@H](OCC#C)[C@H]2OCC#C)O[C@H](CO)[C@@H](O)[C@@H]1OCC#C. The van der Waals surface area contributed by atoms with Crippen LogP contribution >= 0.6 is 0 Å². The molecular formula is C24H30O11. The van der Waals surface area contributed by atoms with Gasteiger partial charge in [0.25, 0.3) is 0 Å². The topological polar surface area (TPSA) is 146 Å². The molecule has 4 N–H and O–H groups in total. The first-order chi connectivity index (χ1) is 17.0. The van der Waals surface area contributed by atoms with Gasteiger partial charge in [-0.05, 0) is 0 Å². The molecule has 0 spiro atoms. The van der Waals surface area contributed by atoms with Crippen molar-refractivity contribution in [1.82, 2.24) is 0 Å². The molecule has 2 fully saturated rings. The zero-order valence-corrected chi connectivity index (χ0v) is 19.0. The first-order valence-corrected chi connectivity index (χ1v) is 10.7. The van der Waals surface area contributed by atoms with Crippen LogP contribution < -0.4 is 0 Å². The molecule has 0 unspecified atom stereocenters. The van der Waals surface area contributed by atoms with Gasteiger partial charge in [0.1, 0.15) is 75.3 Å². The van der Waals surface area contributed by atoms with Crippen LogP contribution in [0.1, 0.15) is 0 Å². The van der Waals surface area contributed by atoms with Crippen LogP contribution in [0.15, 0.2) is 0 Å². The Bertz CT molecular complexity index is 740. The summed E-state index contributed by atoms with van der Waals surface area (Å²) in [6, 6.07) is 0. The fourth-order valence-corrected chi connectivity index (χ4v) is 3.75. The largest absolute Gasteiger partial charge is 0.394 e. The van der Waals surface area contributed by atoms with Crippen LogP contribution in [0.4, 0.5) is 0 Å². The van der Waals surface area contributed by atoms with Gasteiger partial charge < -0.3 is 53.6 Å². The Kier molecular flexibility index (Phi) is 12.5. The van der Waals surface area contributed by atoms with Gasteiger partial charge in [0.2, 0.25) is 0 Å². The third kappa shape index (κ3) is 7.39. The van der Waals surface area contributed by atoms with Crippen molar-refractivity contribution in [1.29, 1.82) is 0 Å². The molecular weight excluding hydrogens is 464 g/mol. The minimum Gasteiger partial charge on any atom is -0.394 e. The van der Waals surface area contributed by atoms with Gasteiger partial charge >= 0.3 is 0 Å². The van der Waals surface area contributed by atoms with Crippen molar-refractivity contribution in [3.8, 4) is 49.4 Å². The van der Waals surface area contributed by atoms with E-state index in [1.54, 1.807) is 0 Å². The molecule has 0 bridgehead atoms. The van der Waals surface area contributed by atoms with Gasteiger partial charge in [-0.2, -0.15) is 0 Å². The highest BCUT2D eigenvalue weighted by Gasteiger charge is 2.52. The second kappa shape index (κ2) is 15.0. The molecule has 0 aromatic carbocycles. The summed E-state index contributed by atoms with van der Waals surface area (Å²) in [6.07, 6.45) is 9.11. The van der Waals surface area contributed by atoms with Crippen molar-refractivity contribution in [3.05, 3.63) is 0 Å². The van der Waals surface area contributed by atoms with Crippen LogP contribution in [0.3, 0.4) is 0 Å². The molecule has 0 aliphatic carbocycles. The quantitative estimate of drug-likeness (QED) is 0.209. The standard InChI is InChI=1S/C24H30O11/c1-5-9-29-19-17(27)15(13-25)33-23(21(19)31-11-7-3)35-24-22(32-12-8-4)20(30-10-6-2)18(28)16(14-26)34-24/h1-4,15-28H,9-14H2/t15-,16-,17-,18-,19+,20+,21-,22-,23-,24-/m1/s1. The van der Waals surface area contributed by atoms with Gasteiger partial charge in [-0.1, -0.05) is 23.7 Å². The van der Waals surface area contributed by atoms with E-state index in [4.69, 9.17) is 58.9 Å². The van der Waals surface area contributed by atoms with Crippen molar-refractivity contribution in [3.63, 3.8) is 0 Å². The van der Waals surface area contributed by atoms with Gasteiger partial charge in [-0.15, -0.1) is 25.7 Å². The molecule has 0 saturated carbocycles. The van der Waals surface area contributed by atoms with Crippen LogP contribution in [0.5, 0.6) is 0 Å². The molecule has 2 heterocycles. The Morgan fingerprint density at radius 3 is 1.17 bits per heavy atom. The Hall–Kier alpha value is -2.20. The van der Waals surface area contributed by atoms with Crippen LogP contribution in [0.2, 0.25) is 0 Å². The molecule has 35 heavy (non-hydrogen) atoms. The molecule has 10 atom stereocenters. The fourth-order valence-electron chi connectivity index (χ4n) is 3.75. The Morgan fingerprint density at radius 1 is 0.571 bits per heavy atom. The van der Waals surface area contributed by atoms with Crippen LogP contribution in [-0.4, -0.2) is 121 Å². The van der Waals surface area contributed by atoms with E-state index in [-0.39, 0.29) is 26.4 Å². The highest BCUT2D eigenvalue weighted by atomic mass is 16.8. The molecule has 0 radical (unpaired) electrons. The predicted octanol–water partition coefficient (Wildman–Crippen LogP) is -2.77. The van der Waals surface area contributed by atoms with Crippen molar-refractivity contribution in [2.45, 2.75) is 61.4 Å². The summed E-state index contributed by atoms with van der Waals surface area (Å²) in [5.41, 5.74) is 0. The summed E-state index contributed by atoms with van der Waals surface area (Å²) >= 11 is 0. The van der Waals surface area contributed by atoms with Gasteiger partial charge in [-0.3, -0.25) is 0 Å². The van der Waals surface area contributed by atoms with Crippen molar-refractivity contribution in [2.75, 3.05) is 39.6 Å². The average Bonchev–Trinajstić information content (AvgIpc) is 2.86. The third-order valence-corrected chi connectivity index (χ3v) is 5.30. The average molecular weight is 494 g/mol. The molecule has 2 saturated heterocycles. The Balaban J connectivity index is 2.37. The van der Waals surface area contributed by atoms with Crippen molar-refractivity contribution < 1.29 is 53.6 Å². The summed E-state index contributed by atoms with van der Waals surface area (Å²) < 4.78 is 39.8. The van der Waals surface area contributed by atoms with Gasteiger partial charge in [-0.25, -0.2) is 0 Å². The Morgan fingerprint density at radius 2 is 0.886 bits per heavy atom. The van der Waals surface area contributed by atoms with Gasteiger partial charge in [0.05, 0.1) is 13.2 Å². The van der Waals surface area contributed by atoms with Gasteiger partial charge in [0, 0.05) is 0 Å². The first-order valence-electron chi connectivity index (χ1n) is 10.7. The lowest BCUT2D eigenvalue weighted by molar-refractivity contribution is -0.384. The second-order valence-corrected chi connectivity index (χ2v) is 7.49. The number of aliphatic hydroxyl groups excluding tert-OH is 4. The van der Waals surface area contributed by atoms with E-state index in [1.807, 2.05) is 0 Å². The monoisotopic (exact) mass is 494 g/mol. The molecule has 11 heteroatoms. The number of ether oxygens (including phenoxy) is 7. The van der Waals surface area contributed by atoms with E-state index in [0.717, 1.165) is 0 Å². The lowest BCUT2D eigenvalue weighted by Crippen LogP contribution is -2.65. The third-order valence-electron chi connectivity index (χ3n) is 5.30. The lowest BCUT2D eigenvalue weighted by atomic mass is 9.97. The highest BCUT2D eigenvalue weighted by Crippen LogP contribution is 2.32. The Labute approximate surface area is 204 Å². The van der Waals surface area contributed by atoms with Crippen molar-refractivity contribution >= 4 is 0 Å². The minimum atomic E-state index is -1.34. The highest BCUT2D eigenvalue weighted by molar-refractivity contribution is 4.98. The van der Waals surface area contributed by atoms with E-state index in [1.165, 1.54) is 0 Å². The summed E-state index contributed by atoms with van der Waals surface area (Å²) in [6.45, 7) is -1.95. The number of hydrogen-bond donors (Lipinski definition) is 4. The molecule has 0 aromatic rings. The molecule has 2 aliphatic heterocycles. The first kappa shape index (κ1) is 29.0. The van der Waals surface area contributed by atoms with Crippen LogP contribution in [0.25, 0.3) is 0 Å². The lowest BCUT2D eigenvalue weighted by Gasteiger charge is -2.47. The predicted molar refractivity (Wildman–Crippen MR) is 119 cm³/mol. The number of hydrogen-bond acceptors (Lipinski definition) is 11. The van der Waals surface area contributed by atoms with Crippen LogP contribution in [0, 0.1) is 49.4 Å². The normalized spacial score (nSPS) is 36.9. The molecule has 2 rings (SSSR count). The molecule has 11 nitrogen and oxygen atoms in total. The maximum absolute atomic E-state index is 10.6. The maximum Gasteiger partial charge on any atom is 0.190 e. The number of aliphatic hydroxyl groups is 4. The van der Waals surface area contributed by atoms with Gasteiger partial charge in [0.15, 0.2) is 12.6 Å². The number of terminal acetylenes is 4. The zero-order valence-electron chi connectivity index (χ0n) is 19.0. The van der Waals surface area contributed by atoms with Crippen LogP contribution in [-0.2, 0) is 33.2 Å². The van der Waals surface area contributed by atoms with E-state index in [0.29, 0.717) is 0 Å². The zero-order chi connectivity index (χ0) is 25.8. The van der Waals surface area contributed by atoms with E-state index >= 15 is 0 Å². The van der Waals surface area contributed by atoms with E-state index in [9.17, 15) is 20.4 Å². The maximum atomic E-state index is 10.6. The summed E-state index contributed by atoms with van der Waals surface area (Å²) in [5, 5.41) is 40.7. The smallest absolute Gasteiger partial charge is 0.190 e. The molecule has 2 aliphatic rings. The summed E-state index contributed by atoms with van der Waals surface area (Å²) in [7, 11) is 0. The second-order valence-electron chi connectivity index (χ2n) is 7.49. The fraction of sp³-hybridized carbons (Fsp3) is 0.667. The minimum absolute atomic E-state index is 0.183. The van der Waals surface area contributed by atoms with E-state index in [2.05, 4.69) is 23.7 Å². The van der Waals surface area contributed by atoms with E-state index < -0.39 is 74.6 Å². The molecule has 0 amide bonds. The molecule has 192 valence electrons. The summed E-state index contributed by atoms with van der Waals surface area (Å²) in [4.78, 5) is 0. The van der Waals surface area contributed by atoms with Crippen molar-refractivity contribution in [2.24, 2.45) is 0 Å². The number of rotatable bonds is 12. The molecule has 0 aromatic heterocycles.